The maximum Gasteiger partial charge on any atom is 0.300 e. The fourth-order valence-electron chi connectivity index (χ4n) is 4.79. The zero-order valence-electron chi connectivity index (χ0n) is 23.5. The Labute approximate surface area is 229 Å². The van der Waals surface area contributed by atoms with E-state index in [2.05, 4.69) is 27.7 Å². The molecule has 1 aliphatic rings. The van der Waals surface area contributed by atoms with Crippen molar-refractivity contribution in [1.29, 1.82) is 0 Å². The molecule has 3 aromatic rings. The highest BCUT2D eigenvalue weighted by molar-refractivity contribution is 6.51. The third kappa shape index (κ3) is 5.21. The minimum Gasteiger partial charge on any atom is -0.507 e. The average Bonchev–Trinajstić information content (AvgIpc) is 3.21. The monoisotopic (exact) mass is 529 g/mol. The van der Waals surface area contributed by atoms with E-state index in [4.69, 9.17) is 14.2 Å². The molecular weight excluding hydrogens is 494 g/mol. The largest absolute Gasteiger partial charge is 0.507 e. The van der Waals surface area contributed by atoms with E-state index in [1.54, 1.807) is 24.3 Å². The molecule has 39 heavy (non-hydrogen) atoms. The number of nitrogens with zero attached hydrogens (tertiary/aromatic N) is 1. The van der Waals surface area contributed by atoms with Crippen molar-refractivity contribution < 1.29 is 28.9 Å². The van der Waals surface area contributed by atoms with Gasteiger partial charge in [-0.3, -0.25) is 14.5 Å². The van der Waals surface area contributed by atoms with Crippen LogP contribution in [-0.4, -0.2) is 38.1 Å². The zero-order chi connectivity index (χ0) is 28.5. The van der Waals surface area contributed by atoms with Crippen LogP contribution in [0.1, 0.15) is 56.0 Å². The van der Waals surface area contributed by atoms with E-state index in [0.29, 0.717) is 34.1 Å². The summed E-state index contributed by atoms with van der Waals surface area (Å²) >= 11 is 0. The van der Waals surface area contributed by atoms with Crippen LogP contribution in [-0.2, 0) is 21.4 Å². The lowest BCUT2D eigenvalue weighted by Gasteiger charge is -2.26. The minimum absolute atomic E-state index is 0.0182. The van der Waals surface area contributed by atoms with Crippen molar-refractivity contribution in [2.75, 3.05) is 26.2 Å². The molecule has 0 aliphatic carbocycles. The summed E-state index contributed by atoms with van der Waals surface area (Å²) in [6, 6.07) is 17.3. The Balaban J connectivity index is 2.01. The maximum absolute atomic E-state index is 13.7. The first-order chi connectivity index (χ1) is 18.5. The van der Waals surface area contributed by atoms with E-state index in [0.717, 1.165) is 17.5 Å². The van der Waals surface area contributed by atoms with Crippen LogP contribution in [0.15, 0.2) is 66.2 Å². The molecule has 0 saturated carbocycles. The topological polar surface area (TPSA) is 85.3 Å². The molecule has 0 spiro atoms. The number of methoxy groups -OCH3 is 3. The van der Waals surface area contributed by atoms with Gasteiger partial charge in [0.25, 0.3) is 11.7 Å². The van der Waals surface area contributed by atoms with Gasteiger partial charge >= 0.3 is 0 Å². The SMILES string of the molecule is CCc1ccc(C2/C(=C(\O)c3cc(C(C)(C)C)ccc3OC)C(=O)C(=O)N2c2cc(OC)cc(OC)c2)cc1. The first kappa shape index (κ1) is 27.8. The van der Waals surface area contributed by atoms with Gasteiger partial charge in [0.1, 0.15) is 23.0 Å². The van der Waals surface area contributed by atoms with Crippen LogP contribution in [0.4, 0.5) is 5.69 Å². The van der Waals surface area contributed by atoms with E-state index in [1.807, 2.05) is 36.4 Å². The van der Waals surface area contributed by atoms with Crippen molar-refractivity contribution in [3.05, 3.63) is 88.5 Å². The van der Waals surface area contributed by atoms with Crippen LogP contribution in [0.25, 0.3) is 5.76 Å². The quantitative estimate of drug-likeness (QED) is 0.223. The Morgan fingerprint density at radius 1 is 0.872 bits per heavy atom. The van der Waals surface area contributed by atoms with Crippen molar-refractivity contribution in [2.45, 2.75) is 45.6 Å². The summed E-state index contributed by atoms with van der Waals surface area (Å²) in [6.07, 6.45) is 0.838. The fraction of sp³-hybridized carbons (Fsp3) is 0.312. The highest BCUT2D eigenvalue weighted by Gasteiger charge is 2.47. The molecule has 0 aromatic heterocycles. The highest BCUT2D eigenvalue weighted by atomic mass is 16.5. The molecule has 204 valence electrons. The predicted molar refractivity (Wildman–Crippen MR) is 152 cm³/mol. The van der Waals surface area contributed by atoms with Gasteiger partial charge in [-0.2, -0.15) is 0 Å². The van der Waals surface area contributed by atoms with E-state index in [9.17, 15) is 14.7 Å². The van der Waals surface area contributed by atoms with E-state index in [-0.39, 0.29) is 16.7 Å². The molecule has 1 unspecified atom stereocenters. The zero-order valence-corrected chi connectivity index (χ0v) is 23.5. The Bertz CT molecular complexity index is 1410. The number of carbonyl (C=O) groups is 2. The number of aliphatic hydroxyl groups excluding tert-OH is 1. The molecule has 3 aromatic carbocycles. The summed E-state index contributed by atoms with van der Waals surface area (Å²) in [5.74, 6) is -0.519. The van der Waals surface area contributed by atoms with Gasteiger partial charge in [0, 0.05) is 18.2 Å². The Hall–Kier alpha value is -4.26. The van der Waals surface area contributed by atoms with Crippen LogP contribution < -0.4 is 19.1 Å². The standard InChI is InChI=1S/C32H35NO6/c1-8-19-9-11-20(12-10-19)28-27(29(34)25-15-21(32(2,3)4)13-14-26(25)39-7)30(35)31(36)33(28)22-16-23(37-5)18-24(17-22)38-6/h9-18,28,34H,8H2,1-7H3/b29-27+. The van der Waals surface area contributed by atoms with Crippen molar-refractivity contribution in [2.24, 2.45) is 0 Å². The third-order valence-corrected chi connectivity index (χ3v) is 7.08. The maximum atomic E-state index is 13.7. The predicted octanol–water partition coefficient (Wildman–Crippen LogP) is 6.20. The summed E-state index contributed by atoms with van der Waals surface area (Å²) < 4.78 is 16.4. The van der Waals surface area contributed by atoms with Crippen LogP contribution >= 0.6 is 0 Å². The number of ketones is 1. The number of anilines is 1. The van der Waals surface area contributed by atoms with Gasteiger partial charge in [-0.1, -0.05) is 58.0 Å². The van der Waals surface area contributed by atoms with Gasteiger partial charge in [-0.25, -0.2) is 0 Å². The molecule has 7 heteroatoms. The van der Waals surface area contributed by atoms with E-state index < -0.39 is 17.7 Å². The number of aliphatic hydroxyl groups is 1. The lowest BCUT2D eigenvalue weighted by atomic mass is 9.85. The smallest absolute Gasteiger partial charge is 0.300 e. The Morgan fingerprint density at radius 2 is 1.49 bits per heavy atom. The lowest BCUT2D eigenvalue weighted by molar-refractivity contribution is -0.132. The summed E-state index contributed by atoms with van der Waals surface area (Å²) in [5, 5.41) is 11.8. The lowest BCUT2D eigenvalue weighted by Crippen LogP contribution is -2.29. The summed E-state index contributed by atoms with van der Waals surface area (Å²) in [6.45, 7) is 8.23. The van der Waals surface area contributed by atoms with Gasteiger partial charge in [0.2, 0.25) is 0 Å². The Kier molecular flexibility index (Phi) is 7.72. The van der Waals surface area contributed by atoms with Crippen LogP contribution in [0.2, 0.25) is 0 Å². The second kappa shape index (κ2) is 10.8. The molecule has 1 aliphatic heterocycles. The van der Waals surface area contributed by atoms with E-state index >= 15 is 0 Å². The van der Waals surface area contributed by atoms with Crippen molar-refractivity contribution in [3.8, 4) is 17.2 Å². The molecule has 1 amide bonds. The van der Waals surface area contributed by atoms with Crippen molar-refractivity contribution in [1.82, 2.24) is 0 Å². The molecule has 0 bridgehead atoms. The first-order valence-corrected chi connectivity index (χ1v) is 12.9. The molecule has 0 radical (unpaired) electrons. The number of aryl methyl sites for hydroxylation is 1. The van der Waals surface area contributed by atoms with Gasteiger partial charge in [0.15, 0.2) is 0 Å². The molecular formula is C32H35NO6. The van der Waals surface area contributed by atoms with E-state index in [1.165, 1.54) is 26.2 Å². The van der Waals surface area contributed by atoms with Crippen LogP contribution in [0.3, 0.4) is 0 Å². The molecule has 1 atom stereocenters. The molecule has 1 fully saturated rings. The molecule has 7 nitrogen and oxygen atoms in total. The van der Waals surface area contributed by atoms with Crippen molar-refractivity contribution >= 4 is 23.1 Å². The summed E-state index contributed by atoms with van der Waals surface area (Å²) in [5.41, 5.74) is 3.25. The fourth-order valence-corrected chi connectivity index (χ4v) is 4.79. The Morgan fingerprint density at radius 3 is 2.00 bits per heavy atom. The molecule has 1 saturated heterocycles. The van der Waals surface area contributed by atoms with Gasteiger partial charge in [-0.05, 0) is 40.7 Å². The second-order valence-corrected chi connectivity index (χ2v) is 10.5. The summed E-state index contributed by atoms with van der Waals surface area (Å²) in [7, 11) is 4.54. The third-order valence-electron chi connectivity index (χ3n) is 7.08. The first-order valence-electron chi connectivity index (χ1n) is 12.9. The summed E-state index contributed by atoms with van der Waals surface area (Å²) in [4.78, 5) is 28.7. The number of hydrogen-bond acceptors (Lipinski definition) is 6. The number of rotatable bonds is 7. The van der Waals surface area contributed by atoms with Crippen LogP contribution in [0, 0.1) is 0 Å². The normalized spacial score (nSPS) is 16.9. The number of hydrogen-bond donors (Lipinski definition) is 1. The second-order valence-electron chi connectivity index (χ2n) is 10.5. The number of amides is 1. The molecule has 1 N–H and O–H groups in total. The van der Waals surface area contributed by atoms with Gasteiger partial charge in [0.05, 0.1) is 44.2 Å². The van der Waals surface area contributed by atoms with Crippen molar-refractivity contribution in [3.63, 3.8) is 0 Å². The number of ether oxygens (including phenoxy) is 3. The molecule has 1 heterocycles. The average molecular weight is 530 g/mol. The van der Waals surface area contributed by atoms with Gasteiger partial charge < -0.3 is 19.3 Å². The molecule has 4 rings (SSSR count). The highest BCUT2D eigenvalue weighted by Crippen LogP contribution is 2.45. The van der Waals surface area contributed by atoms with Gasteiger partial charge in [-0.15, -0.1) is 0 Å². The number of benzene rings is 3. The number of Topliss-reactive ketones (excluding diaryl/α,β-unsaturated/α-hetero) is 1. The van der Waals surface area contributed by atoms with Crippen LogP contribution in [0.5, 0.6) is 17.2 Å². The number of carbonyl (C=O) groups excluding carboxylic acids is 2. The minimum atomic E-state index is -0.893.